The van der Waals surface area contributed by atoms with Crippen LogP contribution in [0.3, 0.4) is 0 Å². The summed E-state index contributed by atoms with van der Waals surface area (Å²) in [5.74, 6) is -0.143. The Kier molecular flexibility index (Phi) is 6.09. The monoisotopic (exact) mass is 201 g/mol. The largest absolute Gasteiger partial charge is 0.449 e. The molecule has 0 aromatic heterocycles. The average Bonchev–Trinajstić information content (AvgIpc) is 2.12. The number of hydrogen-bond donors (Lipinski definition) is 2. The quantitative estimate of drug-likeness (QED) is 0.505. The van der Waals surface area contributed by atoms with Gasteiger partial charge in [-0.05, 0) is 13.8 Å². The van der Waals surface area contributed by atoms with Crippen molar-refractivity contribution in [2.75, 3.05) is 13.2 Å². The molecule has 2 amide bonds. The van der Waals surface area contributed by atoms with Gasteiger partial charge in [-0.1, -0.05) is 0 Å². The van der Waals surface area contributed by atoms with Crippen molar-refractivity contribution in [1.29, 1.82) is 0 Å². The molecule has 0 atom stereocenters. The summed E-state index contributed by atoms with van der Waals surface area (Å²) in [7, 11) is 0. The summed E-state index contributed by atoms with van der Waals surface area (Å²) in [6, 6.07) is 0. The first kappa shape index (κ1) is 12.4. The molecule has 0 aliphatic carbocycles. The molecule has 0 aromatic carbocycles. The zero-order valence-corrected chi connectivity index (χ0v) is 8.59. The predicted octanol–water partition coefficient (Wildman–Crippen LogP) is 0.244. The van der Waals surface area contributed by atoms with E-state index in [9.17, 15) is 9.59 Å². The number of nitrogens with zero attached hydrogens (tertiary/aromatic N) is 1. The SMILES string of the molecule is CCOC(=O)N/N=C(\C)CNC(C)=O. The topological polar surface area (TPSA) is 79.8 Å². The summed E-state index contributed by atoms with van der Waals surface area (Å²) in [6.45, 7) is 5.40. The van der Waals surface area contributed by atoms with Gasteiger partial charge in [0, 0.05) is 6.92 Å². The van der Waals surface area contributed by atoms with E-state index in [1.54, 1.807) is 13.8 Å². The fourth-order valence-electron chi connectivity index (χ4n) is 0.596. The van der Waals surface area contributed by atoms with Gasteiger partial charge in [-0.3, -0.25) is 4.79 Å². The van der Waals surface area contributed by atoms with Gasteiger partial charge in [0.25, 0.3) is 0 Å². The Morgan fingerprint density at radius 1 is 1.36 bits per heavy atom. The maximum Gasteiger partial charge on any atom is 0.427 e. The molecule has 0 aliphatic rings. The van der Waals surface area contributed by atoms with Gasteiger partial charge in [-0.25, -0.2) is 10.2 Å². The molecule has 6 heteroatoms. The summed E-state index contributed by atoms with van der Waals surface area (Å²) >= 11 is 0. The second kappa shape index (κ2) is 6.88. The first-order valence-electron chi connectivity index (χ1n) is 4.26. The van der Waals surface area contributed by atoms with Crippen molar-refractivity contribution in [3.05, 3.63) is 0 Å². The van der Waals surface area contributed by atoms with Crippen molar-refractivity contribution in [3.63, 3.8) is 0 Å². The second-order valence-electron chi connectivity index (χ2n) is 2.59. The number of hydrazone groups is 1. The van der Waals surface area contributed by atoms with Crippen LogP contribution in [0.5, 0.6) is 0 Å². The van der Waals surface area contributed by atoms with Crippen LogP contribution in [0, 0.1) is 0 Å². The van der Waals surface area contributed by atoms with Crippen LogP contribution in [0.15, 0.2) is 5.10 Å². The highest BCUT2D eigenvalue weighted by Gasteiger charge is 1.98. The van der Waals surface area contributed by atoms with E-state index in [1.807, 2.05) is 0 Å². The highest BCUT2D eigenvalue weighted by molar-refractivity contribution is 5.88. The lowest BCUT2D eigenvalue weighted by atomic mass is 10.4. The Morgan fingerprint density at radius 2 is 2.00 bits per heavy atom. The molecule has 6 nitrogen and oxygen atoms in total. The molecule has 0 aliphatic heterocycles. The summed E-state index contributed by atoms with van der Waals surface area (Å²) in [4.78, 5) is 21.3. The standard InChI is InChI=1S/C8H15N3O3/c1-4-14-8(13)11-10-6(2)5-9-7(3)12/h4-5H2,1-3H3,(H,9,12)(H,11,13)/b10-6+. The molecule has 0 saturated heterocycles. The zero-order chi connectivity index (χ0) is 11.0. The molecule has 0 fully saturated rings. The van der Waals surface area contributed by atoms with Crippen LogP contribution in [0.2, 0.25) is 0 Å². The van der Waals surface area contributed by atoms with Gasteiger partial charge >= 0.3 is 6.09 Å². The second-order valence-corrected chi connectivity index (χ2v) is 2.59. The number of carbonyl (C=O) groups excluding carboxylic acids is 2. The molecular weight excluding hydrogens is 186 g/mol. The van der Waals surface area contributed by atoms with E-state index in [0.29, 0.717) is 18.9 Å². The molecule has 0 aromatic rings. The van der Waals surface area contributed by atoms with Crippen LogP contribution in [0.1, 0.15) is 20.8 Å². The third kappa shape index (κ3) is 7.08. The molecule has 0 rings (SSSR count). The fraction of sp³-hybridized carbons (Fsp3) is 0.625. The third-order valence-corrected chi connectivity index (χ3v) is 1.21. The smallest absolute Gasteiger partial charge is 0.427 e. The molecule has 2 N–H and O–H groups in total. The van der Waals surface area contributed by atoms with E-state index in [2.05, 4.69) is 20.6 Å². The van der Waals surface area contributed by atoms with Gasteiger partial charge in [0.05, 0.1) is 18.9 Å². The molecular formula is C8H15N3O3. The lowest BCUT2D eigenvalue weighted by Crippen LogP contribution is -2.28. The van der Waals surface area contributed by atoms with Crippen molar-refractivity contribution in [2.24, 2.45) is 5.10 Å². The number of ether oxygens (including phenoxy) is 1. The lowest BCUT2D eigenvalue weighted by molar-refractivity contribution is -0.118. The summed E-state index contributed by atoms with van der Waals surface area (Å²) in [6.07, 6.45) is -0.602. The first-order valence-corrected chi connectivity index (χ1v) is 4.26. The normalized spacial score (nSPS) is 10.6. The summed E-state index contributed by atoms with van der Waals surface area (Å²) < 4.78 is 4.57. The number of carbonyl (C=O) groups is 2. The van der Waals surface area contributed by atoms with Crippen LogP contribution in [-0.4, -0.2) is 30.9 Å². The van der Waals surface area contributed by atoms with Gasteiger partial charge in [0.15, 0.2) is 0 Å². The van der Waals surface area contributed by atoms with Gasteiger partial charge < -0.3 is 10.1 Å². The van der Waals surface area contributed by atoms with Crippen molar-refractivity contribution < 1.29 is 14.3 Å². The molecule has 0 bridgehead atoms. The van der Waals surface area contributed by atoms with E-state index < -0.39 is 6.09 Å². The predicted molar refractivity (Wildman–Crippen MR) is 52.0 cm³/mol. The highest BCUT2D eigenvalue weighted by Crippen LogP contribution is 1.78. The van der Waals surface area contributed by atoms with E-state index in [0.717, 1.165) is 0 Å². The van der Waals surface area contributed by atoms with Crippen LogP contribution in [0.4, 0.5) is 4.79 Å². The summed E-state index contributed by atoms with van der Waals surface area (Å²) in [5, 5.41) is 6.23. The van der Waals surface area contributed by atoms with E-state index in [1.165, 1.54) is 6.92 Å². The Balaban J connectivity index is 3.75. The molecule has 0 spiro atoms. The minimum atomic E-state index is -0.602. The number of rotatable bonds is 4. The molecule has 0 unspecified atom stereocenters. The van der Waals surface area contributed by atoms with Crippen LogP contribution in [-0.2, 0) is 9.53 Å². The van der Waals surface area contributed by atoms with Crippen molar-refractivity contribution in [1.82, 2.24) is 10.7 Å². The number of hydrogen-bond acceptors (Lipinski definition) is 4. The van der Waals surface area contributed by atoms with Gasteiger partial charge in [0.2, 0.25) is 5.91 Å². The Morgan fingerprint density at radius 3 is 2.50 bits per heavy atom. The molecule has 80 valence electrons. The Hall–Kier alpha value is -1.59. The van der Waals surface area contributed by atoms with Crippen molar-refractivity contribution >= 4 is 17.7 Å². The first-order chi connectivity index (χ1) is 6.56. The fourth-order valence-corrected chi connectivity index (χ4v) is 0.596. The molecule has 0 radical (unpaired) electrons. The van der Waals surface area contributed by atoms with Gasteiger partial charge in [-0.2, -0.15) is 5.10 Å². The molecule has 0 saturated carbocycles. The third-order valence-electron chi connectivity index (χ3n) is 1.21. The molecule has 14 heavy (non-hydrogen) atoms. The maximum atomic E-state index is 10.8. The van der Waals surface area contributed by atoms with E-state index in [4.69, 9.17) is 0 Å². The minimum absolute atomic E-state index is 0.143. The Labute approximate surface area is 82.7 Å². The van der Waals surface area contributed by atoms with Crippen LogP contribution >= 0.6 is 0 Å². The van der Waals surface area contributed by atoms with Crippen LogP contribution < -0.4 is 10.7 Å². The number of amides is 2. The minimum Gasteiger partial charge on any atom is -0.449 e. The maximum absolute atomic E-state index is 10.8. The van der Waals surface area contributed by atoms with E-state index in [-0.39, 0.29) is 5.91 Å². The van der Waals surface area contributed by atoms with Crippen LogP contribution in [0.25, 0.3) is 0 Å². The highest BCUT2D eigenvalue weighted by atomic mass is 16.5. The van der Waals surface area contributed by atoms with E-state index >= 15 is 0 Å². The van der Waals surface area contributed by atoms with Crippen molar-refractivity contribution in [3.8, 4) is 0 Å². The van der Waals surface area contributed by atoms with Gasteiger partial charge in [-0.15, -0.1) is 0 Å². The lowest BCUT2D eigenvalue weighted by Gasteiger charge is -2.02. The Bertz CT molecular complexity index is 238. The zero-order valence-electron chi connectivity index (χ0n) is 8.59. The summed E-state index contributed by atoms with van der Waals surface area (Å²) in [5.41, 5.74) is 2.77. The number of nitrogens with one attached hydrogen (secondary N) is 2. The van der Waals surface area contributed by atoms with Gasteiger partial charge in [0.1, 0.15) is 0 Å². The van der Waals surface area contributed by atoms with Crippen molar-refractivity contribution in [2.45, 2.75) is 20.8 Å². The average molecular weight is 201 g/mol. The molecule has 0 heterocycles.